The smallest absolute Gasteiger partial charge is 0.411 e. The lowest BCUT2D eigenvalue weighted by Crippen LogP contribution is -2.52. The second-order valence-electron chi connectivity index (χ2n) is 7.82. The highest BCUT2D eigenvalue weighted by Gasteiger charge is 2.49. The van der Waals surface area contributed by atoms with Gasteiger partial charge in [0, 0.05) is 19.7 Å². The number of benzene rings is 2. The number of hydrogen-bond donors (Lipinski definition) is 1. The van der Waals surface area contributed by atoms with Crippen molar-refractivity contribution in [3.63, 3.8) is 0 Å². The van der Waals surface area contributed by atoms with E-state index in [0.717, 1.165) is 16.9 Å². The van der Waals surface area contributed by atoms with Crippen LogP contribution in [0.2, 0.25) is 0 Å². The van der Waals surface area contributed by atoms with E-state index in [9.17, 15) is 9.59 Å². The first-order chi connectivity index (χ1) is 16.1. The molecule has 3 atom stereocenters. The van der Waals surface area contributed by atoms with Crippen molar-refractivity contribution in [3.05, 3.63) is 65.7 Å². The minimum atomic E-state index is -0.813. The summed E-state index contributed by atoms with van der Waals surface area (Å²) in [5.74, 6) is 0.316. The Morgan fingerprint density at radius 2 is 1.73 bits per heavy atom. The zero-order chi connectivity index (χ0) is 23.6. The maximum absolute atomic E-state index is 13.1. The number of rotatable bonds is 10. The molecule has 178 valence electrons. The molecule has 1 saturated heterocycles. The van der Waals surface area contributed by atoms with E-state index in [1.54, 1.807) is 21.1 Å². The highest BCUT2D eigenvalue weighted by molar-refractivity contribution is 5.83. The molecule has 8 nitrogen and oxygen atoms in total. The first kappa shape index (κ1) is 24.5. The summed E-state index contributed by atoms with van der Waals surface area (Å²) >= 11 is 0. The number of hydrogen-bond acceptors (Lipinski definition) is 7. The lowest BCUT2D eigenvalue weighted by atomic mass is 10.1. The topological polar surface area (TPSA) is 86.3 Å². The normalized spacial score (nSPS) is 19.8. The van der Waals surface area contributed by atoms with Crippen LogP contribution in [0, 0.1) is 0 Å². The van der Waals surface area contributed by atoms with Crippen LogP contribution in [-0.2, 0) is 32.2 Å². The third-order valence-corrected chi connectivity index (χ3v) is 5.63. The van der Waals surface area contributed by atoms with E-state index in [4.69, 9.17) is 18.9 Å². The summed E-state index contributed by atoms with van der Waals surface area (Å²) in [5, 5.41) is 3.43. The average molecular weight is 457 g/mol. The molecule has 8 heteroatoms. The Kier molecular flexibility index (Phi) is 9.09. The van der Waals surface area contributed by atoms with Crippen LogP contribution < -0.4 is 10.1 Å². The van der Waals surface area contributed by atoms with Gasteiger partial charge in [0.1, 0.15) is 18.4 Å². The fourth-order valence-electron chi connectivity index (χ4n) is 4.05. The van der Waals surface area contributed by atoms with Crippen molar-refractivity contribution >= 4 is 12.1 Å². The van der Waals surface area contributed by atoms with Gasteiger partial charge in [0.2, 0.25) is 0 Å². The molecular formula is C25H32N2O6. The van der Waals surface area contributed by atoms with Crippen molar-refractivity contribution in [2.45, 2.75) is 44.6 Å². The van der Waals surface area contributed by atoms with Crippen molar-refractivity contribution in [2.24, 2.45) is 0 Å². The van der Waals surface area contributed by atoms with Gasteiger partial charge in [0.05, 0.1) is 26.4 Å². The van der Waals surface area contributed by atoms with E-state index < -0.39 is 18.1 Å². The Hall–Kier alpha value is -3.10. The van der Waals surface area contributed by atoms with E-state index in [-0.39, 0.29) is 31.9 Å². The van der Waals surface area contributed by atoms with Gasteiger partial charge in [0.15, 0.2) is 0 Å². The fourth-order valence-corrected chi connectivity index (χ4v) is 4.05. The molecule has 2 aromatic rings. The zero-order valence-electron chi connectivity index (χ0n) is 19.4. The third-order valence-electron chi connectivity index (χ3n) is 5.63. The van der Waals surface area contributed by atoms with Gasteiger partial charge < -0.3 is 24.3 Å². The molecule has 1 N–H and O–H groups in total. The van der Waals surface area contributed by atoms with Gasteiger partial charge in [-0.25, -0.2) is 9.59 Å². The Balaban J connectivity index is 1.75. The molecule has 2 aromatic carbocycles. The minimum absolute atomic E-state index is 0.120. The van der Waals surface area contributed by atoms with Crippen LogP contribution >= 0.6 is 0 Å². The molecule has 1 heterocycles. The van der Waals surface area contributed by atoms with Crippen molar-refractivity contribution in [1.82, 2.24) is 10.2 Å². The van der Waals surface area contributed by atoms with Crippen LogP contribution in [0.5, 0.6) is 5.75 Å². The quantitative estimate of drug-likeness (QED) is 0.550. The van der Waals surface area contributed by atoms with Gasteiger partial charge >= 0.3 is 12.1 Å². The molecule has 33 heavy (non-hydrogen) atoms. The maximum Gasteiger partial charge on any atom is 0.411 e. The van der Waals surface area contributed by atoms with Crippen molar-refractivity contribution < 1.29 is 28.5 Å². The highest BCUT2D eigenvalue weighted by Crippen LogP contribution is 2.28. The number of amides is 1. The monoisotopic (exact) mass is 456 g/mol. The van der Waals surface area contributed by atoms with Gasteiger partial charge in [-0.1, -0.05) is 42.5 Å². The predicted molar refractivity (Wildman–Crippen MR) is 123 cm³/mol. The molecule has 0 saturated carbocycles. The van der Waals surface area contributed by atoms with E-state index in [2.05, 4.69) is 5.32 Å². The summed E-state index contributed by atoms with van der Waals surface area (Å²) in [6.07, 6.45) is -0.0267. The SMILES string of the molecule is CCOC(=O)[C@H]1[C@@H](NCc2ccc(OC)cc2)C[C@@H](COC)N1C(=O)OCc1ccccc1. The maximum atomic E-state index is 13.1. The molecule has 0 aromatic heterocycles. The summed E-state index contributed by atoms with van der Waals surface area (Å²) in [4.78, 5) is 27.5. The molecule has 0 spiro atoms. The van der Waals surface area contributed by atoms with Gasteiger partial charge in [0.25, 0.3) is 0 Å². The lowest BCUT2D eigenvalue weighted by molar-refractivity contribution is -0.149. The number of methoxy groups -OCH3 is 2. The van der Waals surface area contributed by atoms with E-state index in [1.165, 1.54) is 4.90 Å². The number of carbonyl (C=O) groups excluding carboxylic acids is 2. The minimum Gasteiger partial charge on any atom is -0.497 e. The Labute approximate surface area is 194 Å². The van der Waals surface area contributed by atoms with Crippen LogP contribution in [0.4, 0.5) is 4.79 Å². The van der Waals surface area contributed by atoms with Crippen molar-refractivity contribution in [3.8, 4) is 5.75 Å². The highest BCUT2D eigenvalue weighted by atomic mass is 16.6. The first-order valence-corrected chi connectivity index (χ1v) is 11.1. The van der Waals surface area contributed by atoms with Gasteiger partial charge in [-0.2, -0.15) is 0 Å². The van der Waals surface area contributed by atoms with Crippen LogP contribution in [0.1, 0.15) is 24.5 Å². The number of nitrogens with one attached hydrogen (secondary N) is 1. The first-order valence-electron chi connectivity index (χ1n) is 11.1. The molecule has 3 rings (SSSR count). The molecular weight excluding hydrogens is 424 g/mol. The zero-order valence-corrected chi connectivity index (χ0v) is 19.4. The Morgan fingerprint density at radius 3 is 2.36 bits per heavy atom. The molecule has 1 amide bonds. The molecule has 1 fully saturated rings. The van der Waals surface area contributed by atoms with Crippen molar-refractivity contribution in [1.29, 1.82) is 0 Å². The predicted octanol–water partition coefficient (Wildman–Crippen LogP) is 3.14. The van der Waals surface area contributed by atoms with Gasteiger partial charge in [-0.3, -0.25) is 4.90 Å². The molecule has 1 aliphatic heterocycles. The summed E-state index contributed by atoms with van der Waals surface area (Å²) in [5.41, 5.74) is 1.90. The second-order valence-corrected chi connectivity index (χ2v) is 7.82. The summed E-state index contributed by atoms with van der Waals surface area (Å²) < 4.78 is 21.4. The molecule has 0 radical (unpaired) electrons. The summed E-state index contributed by atoms with van der Waals surface area (Å²) in [6, 6.07) is 15.7. The number of carbonyl (C=O) groups is 2. The van der Waals surface area contributed by atoms with Gasteiger partial charge in [-0.15, -0.1) is 0 Å². The summed E-state index contributed by atoms with van der Waals surface area (Å²) in [7, 11) is 3.20. The van der Waals surface area contributed by atoms with Crippen LogP contribution in [0.25, 0.3) is 0 Å². The van der Waals surface area contributed by atoms with E-state index >= 15 is 0 Å². The Morgan fingerprint density at radius 1 is 1.00 bits per heavy atom. The number of esters is 1. The van der Waals surface area contributed by atoms with E-state index in [0.29, 0.717) is 13.0 Å². The van der Waals surface area contributed by atoms with Crippen LogP contribution in [0.3, 0.4) is 0 Å². The molecule has 0 bridgehead atoms. The number of likely N-dealkylation sites (tertiary alicyclic amines) is 1. The Bertz CT molecular complexity index is 890. The number of ether oxygens (including phenoxy) is 4. The van der Waals surface area contributed by atoms with E-state index in [1.807, 2.05) is 54.6 Å². The lowest BCUT2D eigenvalue weighted by Gasteiger charge is -2.29. The molecule has 1 aliphatic rings. The number of nitrogens with zero attached hydrogens (tertiary/aromatic N) is 1. The molecule has 0 unspecified atom stereocenters. The van der Waals surface area contributed by atoms with Crippen LogP contribution in [0.15, 0.2) is 54.6 Å². The second kappa shape index (κ2) is 12.2. The van der Waals surface area contributed by atoms with Gasteiger partial charge in [-0.05, 0) is 36.6 Å². The fraction of sp³-hybridized carbons (Fsp3) is 0.440. The average Bonchev–Trinajstić information content (AvgIpc) is 3.21. The third kappa shape index (κ3) is 6.46. The summed E-state index contributed by atoms with van der Waals surface area (Å²) in [6.45, 7) is 2.91. The largest absolute Gasteiger partial charge is 0.497 e. The standard InChI is InChI=1S/C25H32N2O6/c1-4-32-24(28)23-22(26-15-18-10-12-21(31-3)13-11-18)14-20(17-30-2)27(23)25(29)33-16-19-8-6-5-7-9-19/h5-13,20,22-23,26H,4,14-17H2,1-3H3/t20-,22-,23+/m0/s1. The van der Waals surface area contributed by atoms with Crippen LogP contribution in [-0.4, -0.2) is 62.5 Å². The molecule has 0 aliphatic carbocycles. The van der Waals surface area contributed by atoms with Crippen molar-refractivity contribution in [2.75, 3.05) is 27.4 Å².